The number of nitrogens with zero attached hydrogens (tertiary/aromatic N) is 1. The van der Waals surface area contributed by atoms with Crippen molar-refractivity contribution >= 4 is 13.7 Å². The van der Waals surface area contributed by atoms with E-state index in [1.54, 1.807) is 12.2 Å². The Kier molecular flexibility index (Phi) is 26.7. The quantitative estimate of drug-likeness (QED) is 0.0190. The van der Waals surface area contributed by atoms with Gasteiger partial charge in [0.1, 0.15) is 13.2 Å². The molecule has 1 aliphatic carbocycles. The van der Waals surface area contributed by atoms with Gasteiger partial charge in [0.15, 0.2) is 0 Å². The number of quaternary nitrogens is 1. The molecule has 8 atom stereocenters. The van der Waals surface area contributed by atoms with Crippen LogP contribution in [0.2, 0.25) is 0 Å². The maximum atomic E-state index is 12.9. The summed E-state index contributed by atoms with van der Waals surface area (Å²) in [7, 11) is 1.39. The van der Waals surface area contributed by atoms with E-state index in [4.69, 9.17) is 9.05 Å². The molecule has 0 aromatic rings. The van der Waals surface area contributed by atoms with Crippen molar-refractivity contribution in [2.45, 2.75) is 153 Å². The highest BCUT2D eigenvalue weighted by Crippen LogP contribution is 2.43. The van der Waals surface area contributed by atoms with Crippen molar-refractivity contribution in [1.82, 2.24) is 5.32 Å². The lowest BCUT2D eigenvalue weighted by atomic mass is 9.89. The Morgan fingerprint density at radius 2 is 1.47 bits per heavy atom. The number of rotatable bonds is 31. The van der Waals surface area contributed by atoms with E-state index in [1.165, 1.54) is 32.1 Å². The number of hydrogen-bond acceptors (Lipinski definition) is 8. The van der Waals surface area contributed by atoms with Crippen molar-refractivity contribution < 1.29 is 48.2 Å². The Morgan fingerprint density at radius 1 is 0.830 bits per heavy atom. The molecule has 11 nitrogen and oxygen atoms in total. The van der Waals surface area contributed by atoms with Crippen LogP contribution in [-0.4, -0.2) is 107 Å². The smallest absolute Gasteiger partial charge is 0.393 e. The molecule has 308 valence electrons. The Morgan fingerprint density at radius 3 is 2.19 bits per heavy atom. The Hall–Kier alpha value is -1.66. The molecule has 0 aromatic heterocycles. The number of aliphatic hydroxyl groups excluding tert-OH is 4. The Labute approximate surface area is 321 Å². The van der Waals surface area contributed by atoms with Gasteiger partial charge in [-0.15, -0.1) is 0 Å². The monoisotopic (exact) mass is 772 g/mol. The molecule has 0 aromatic carbocycles. The van der Waals surface area contributed by atoms with Gasteiger partial charge in [0, 0.05) is 18.8 Å². The number of amides is 1. The summed E-state index contributed by atoms with van der Waals surface area (Å²) >= 11 is 0. The summed E-state index contributed by atoms with van der Waals surface area (Å²) in [5.41, 5.74) is 0. The van der Waals surface area contributed by atoms with Gasteiger partial charge in [0.05, 0.1) is 58.2 Å². The molecule has 53 heavy (non-hydrogen) atoms. The van der Waals surface area contributed by atoms with Crippen molar-refractivity contribution in [3.63, 3.8) is 0 Å². The van der Waals surface area contributed by atoms with Gasteiger partial charge in [-0.1, -0.05) is 107 Å². The predicted molar refractivity (Wildman–Crippen MR) is 214 cm³/mol. The molecule has 0 heterocycles. The topological polar surface area (TPSA) is 166 Å². The fourth-order valence-corrected chi connectivity index (χ4v) is 6.96. The number of nitrogens with one attached hydrogen (secondary N) is 1. The van der Waals surface area contributed by atoms with Gasteiger partial charge in [-0.2, -0.15) is 0 Å². The van der Waals surface area contributed by atoms with Crippen molar-refractivity contribution in [2.24, 2.45) is 11.8 Å². The summed E-state index contributed by atoms with van der Waals surface area (Å²) < 4.78 is 23.4. The molecule has 0 radical (unpaired) electrons. The van der Waals surface area contributed by atoms with Gasteiger partial charge in [-0.3, -0.25) is 13.8 Å². The van der Waals surface area contributed by atoms with E-state index in [0.717, 1.165) is 32.1 Å². The maximum Gasteiger partial charge on any atom is 0.472 e. The molecular formula is C41H76N2O9P+. The van der Waals surface area contributed by atoms with E-state index in [9.17, 15) is 34.7 Å². The number of aliphatic hydroxyl groups is 4. The number of allylic oxidation sites excluding steroid dienone is 5. The highest BCUT2D eigenvalue weighted by molar-refractivity contribution is 7.47. The molecule has 0 bridgehead atoms. The number of hydrogen-bond donors (Lipinski definition) is 6. The molecule has 1 aliphatic rings. The third-order valence-corrected chi connectivity index (χ3v) is 10.6. The van der Waals surface area contributed by atoms with E-state index in [0.29, 0.717) is 49.6 Å². The zero-order chi connectivity index (χ0) is 39.5. The maximum absolute atomic E-state index is 12.9. The minimum atomic E-state index is -4.41. The molecule has 1 rings (SSSR count). The van der Waals surface area contributed by atoms with Crippen LogP contribution in [-0.2, 0) is 18.4 Å². The van der Waals surface area contributed by atoms with Gasteiger partial charge >= 0.3 is 7.82 Å². The molecule has 0 spiro atoms. The van der Waals surface area contributed by atoms with Gasteiger partial charge in [0.25, 0.3) is 0 Å². The number of unbranched alkanes of at least 4 members (excludes halogenated alkanes) is 9. The largest absolute Gasteiger partial charge is 0.472 e. The van der Waals surface area contributed by atoms with Crippen LogP contribution in [0.1, 0.15) is 123 Å². The Balaban J connectivity index is 2.66. The van der Waals surface area contributed by atoms with Gasteiger partial charge in [-0.05, 0) is 57.3 Å². The first kappa shape index (κ1) is 49.4. The zero-order valence-electron chi connectivity index (χ0n) is 33.6. The minimum absolute atomic E-state index is 0.0103. The van der Waals surface area contributed by atoms with Crippen LogP contribution >= 0.6 is 7.82 Å². The lowest BCUT2D eigenvalue weighted by molar-refractivity contribution is -0.870. The molecule has 1 amide bonds. The minimum Gasteiger partial charge on any atom is -0.393 e. The molecular weight excluding hydrogens is 695 g/mol. The molecule has 1 unspecified atom stereocenters. The molecule has 12 heteroatoms. The van der Waals surface area contributed by atoms with E-state index in [-0.39, 0.29) is 30.8 Å². The standard InChI is InChI=1S/C41H75N2O9P/c1-6-8-10-11-12-13-14-15-16-17-22-26-38(45)37(33-52-53(49,50)51-31-30-43(3,4)5)42-41(48)27-23-19-18-21-25-35-36(40(47)32-39(35)46)29-28-34(44)24-20-9-7-2/h14-15,18,21-22,26,28-29,34-40,44-47H,6-13,16-17,19-20,23-25,27,30-33H2,1-5H3,(H-,42,48,49,50)/p+1/b15-14-,21-18+,26-22+,29-28+/t34-,35+,36+,37-,38+,39-,40+/m0/s1. The molecule has 6 N–H and O–H groups in total. The summed E-state index contributed by atoms with van der Waals surface area (Å²) in [5, 5.41) is 45.0. The zero-order valence-corrected chi connectivity index (χ0v) is 34.5. The lowest BCUT2D eigenvalue weighted by Crippen LogP contribution is -2.45. The molecule has 0 aliphatic heterocycles. The van der Waals surface area contributed by atoms with E-state index < -0.39 is 44.9 Å². The predicted octanol–water partition coefficient (Wildman–Crippen LogP) is 6.90. The lowest BCUT2D eigenvalue weighted by Gasteiger charge is -2.25. The van der Waals surface area contributed by atoms with Crippen LogP contribution < -0.4 is 5.32 Å². The first-order chi connectivity index (χ1) is 25.2. The van der Waals surface area contributed by atoms with Crippen molar-refractivity contribution in [3.05, 3.63) is 48.6 Å². The Bertz CT molecular complexity index is 1120. The molecule has 1 saturated carbocycles. The number of carbonyl (C=O) groups excluding carboxylic acids is 1. The van der Waals surface area contributed by atoms with Crippen LogP contribution in [0.5, 0.6) is 0 Å². The fourth-order valence-electron chi connectivity index (χ4n) is 6.22. The number of phosphoric ester groups is 1. The van der Waals surface area contributed by atoms with Crippen LogP contribution in [0.25, 0.3) is 0 Å². The van der Waals surface area contributed by atoms with E-state index in [1.807, 2.05) is 45.4 Å². The van der Waals surface area contributed by atoms with Crippen LogP contribution in [0.15, 0.2) is 48.6 Å². The second-order valence-corrected chi connectivity index (χ2v) is 17.1. The fraction of sp³-hybridized carbons (Fsp3) is 0.780. The number of carbonyl (C=O) groups is 1. The third-order valence-electron chi connectivity index (χ3n) is 9.59. The summed E-state index contributed by atoms with van der Waals surface area (Å²) in [6.07, 6.45) is 27.1. The summed E-state index contributed by atoms with van der Waals surface area (Å²) in [4.78, 5) is 23.1. The molecule has 0 saturated heterocycles. The van der Waals surface area contributed by atoms with Crippen molar-refractivity contribution in [3.8, 4) is 0 Å². The second-order valence-electron chi connectivity index (χ2n) is 15.6. The van der Waals surface area contributed by atoms with E-state index in [2.05, 4.69) is 31.3 Å². The SMILES string of the molecule is CCCCCCC/C=C\CC/C=C/[C@@H](O)[C@H](COP(=O)(O)OCC[N+](C)(C)C)NC(=O)CCC/C=C/C[C@@H]1[C@@H](/C=C/[C@@H](O)CCCCC)[C@H](O)C[C@@H]1O. The average Bonchev–Trinajstić information content (AvgIpc) is 3.36. The second kappa shape index (κ2) is 28.7. The first-order valence-corrected chi connectivity index (χ1v) is 21.8. The summed E-state index contributed by atoms with van der Waals surface area (Å²) in [5.74, 6) is -0.717. The first-order valence-electron chi connectivity index (χ1n) is 20.3. The summed E-state index contributed by atoms with van der Waals surface area (Å²) in [6, 6.07) is -0.958. The highest BCUT2D eigenvalue weighted by atomic mass is 31.2. The van der Waals surface area contributed by atoms with E-state index >= 15 is 0 Å². The van der Waals surface area contributed by atoms with Gasteiger partial charge < -0.3 is 35.1 Å². The number of likely N-dealkylation sites (N-methyl/N-ethyl adjacent to an activating group) is 1. The van der Waals surface area contributed by atoms with Crippen LogP contribution in [0.4, 0.5) is 0 Å². The average molecular weight is 772 g/mol. The van der Waals surface area contributed by atoms with Crippen molar-refractivity contribution in [2.75, 3.05) is 40.9 Å². The van der Waals surface area contributed by atoms with Crippen LogP contribution in [0.3, 0.4) is 0 Å². The van der Waals surface area contributed by atoms with Gasteiger partial charge in [-0.25, -0.2) is 4.57 Å². The number of phosphoric acid groups is 1. The molecule has 1 fully saturated rings. The summed E-state index contributed by atoms with van der Waals surface area (Å²) in [6.45, 7) is 4.42. The highest BCUT2D eigenvalue weighted by Gasteiger charge is 2.39. The van der Waals surface area contributed by atoms with Crippen LogP contribution in [0, 0.1) is 11.8 Å². The van der Waals surface area contributed by atoms with Crippen molar-refractivity contribution in [1.29, 1.82) is 0 Å². The van der Waals surface area contributed by atoms with Gasteiger partial charge in [0.2, 0.25) is 5.91 Å². The normalized spacial score (nSPS) is 22.7. The third kappa shape index (κ3) is 25.2.